The molecule has 11 heteroatoms. The predicted octanol–water partition coefficient (Wildman–Crippen LogP) is 5.27. The number of carbonyl (C=O) groups is 1. The molecule has 204 valence electrons. The average Bonchev–Trinajstić information content (AvgIpc) is 3.40. The smallest absolute Gasteiger partial charge is 0.339 e. The number of fused-ring (bicyclic) bond motifs is 1. The molecule has 3 heterocycles. The third kappa shape index (κ3) is 4.71. The molecule has 0 saturated heterocycles. The summed E-state index contributed by atoms with van der Waals surface area (Å²) in [6.07, 6.45) is 6.56. The van der Waals surface area contributed by atoms with Crippen molar-refractivity contribution in [2.24, 2.45) is 7.05 Å². The normalized spacial score (nSPS) is 22.9. The Bertz CT molecular complexity index is 1530. The van der Waals surface area contributed by atoms with Gasteiger partial charge in [0.1, 0.15) is 22.3 Å². The fourth-order valence-electron chi connectivity index (χ4n) is 5.40. The van der Waals surface area contributed by atoms with Crippen molar-refractivity contribution in [1.82, 2.24) is 23.9 Å². The first-order valence-corrected chi connectivity index (χ1v) is 14.4. The Hall–Kier alpha value is -3.64. The molecule has 3 N–H and O–H groups in total. The van der Waals surface area contributed by atoms with Gasteiger partial charge in [-0.2, -0.15) is 14.5 Å². The molecule has 1 fully saturated rings. The maximum absolute atomic E-state index is 12.1. The SMILES string of the molecule is CCC1CN(Cc2cccc(-n3ncc(C(=O)O)c3C3CC3c3cnn(C)c3)c2)S(O)(O)c2ccccc2O1. The number of hydrogen-bond donors (Lipinski definition) is 3. The van der Waals surface area contributed by atoms with Crippen LogP contribution in [0.1, 0.15) is 58.8 Å². The highest BCUT2D eigenvalue weighted by Crippen LogP contribution is 2.58. The van der Waals surface area contributed by atoms with Gasteiger partial charge in [-0.25, -0.2) is 9.48 Å². The van der Waals surface area contributed by atoms with E-state index in [-0.39, 0.29) is 30.0 Å². The average molecular weight is 550 g/mol. The van der Waals surface area contributed by atoms with Crippen molar-refractivity contribution in [3.8, 4) is 11.4 Å². The lowest BCUT2D eigenvalue weighted by Gasteiger charge is -2.41. The summed E-state index contributed by atoms with van der Waals surface area (Å²) in [5.41, 5.74) is 3.51. The van der Waals surface area contributed by atoms with E-state index in [1.54, 1.807) is 31.9 Å². The Morgan fingerprint density at radius 1 is 1.10 bits per heavy atom. The number of hydrogen-bond acceptors (Lipinski definition) is 7. The van der Waals surface area contributed by atoms with Gasteiger partial charge in [0.05, 0.1) is 30.3 Å². The fourth-order valence-corrected chi connectivity index (χ4v) is 7.03. The molecule has 2 aliphatic rings. The molecule has 1 aliphatic carbocycles. The van der Waals surface area contributed by atoms with Gasteiger partial charge in [0.2, 0.25) is 0 Å². The number of nitrogens with zero attached hydrogens (tertiary/aromatic N) is 5. The van der Waals surface area contributed by atoms with E-state index >= 15 is 0 Å². The van der Waals surface area contributed by atoms with Crippen LogP contribution in [0.25, 0.3) is 5.69 Å². The molecule has 3 atom stereocenters. The third-order valence-corrected chi connectivity index (χ3v) is 9.43. The minimum Gasteiger partial charge on any atom is -0.487 e. The number of carboxylic acids is 1. The molecule has 0 spiro atoms. The van der Waals surface area contributed by atoms with E-state index in [2.05, 4.69) is 10.2 Å². The monoisotopic (exact) mass is 549 g/mol. The number of benzene rings is 2. The number of para-hydroxylation sites is 1. The first kappa shape index (κ1) is 25.6. The molecular weight excluding hydrogens is 518 g/mol. The minimum atomic E-state index is -3.29. The predicted molar refractivity (Wildman–Crippen MR) is 147 cm³/mol. The van der Waals surface area contributed by atoms with Crippen molar-refractivity contribution in [1.29, 1.82) is 0 Å². The molecule has 10 nitrogen and oxygen atoms in total. The van der Waals surface area contributed by atoms with Gasteiger partial charge in [0, 0.05) is 25.7 Å². The zero-order valence-electron chi connectivity index (χ0n) is 21.7. The Balaban J connectivity index is 1.32. The highest BCUT2D eigenvalue weighted by atomic mass is 32.3. The van der Waals surface area contributed by atoms with Crippen LogP contribution in [-0.4, -0.2) is 56.7 Å². The van der Waals surface area contributed by atoms with E-state index in [1.165, 1.54) is 6.20 Å². The molecule has 0 radical (unpaired) electrons. The Labute approximate surface area is 227 Å². The van der Waals surface area contributed by atoms with Crippen molar-refractivity contribution >= 4 is 16.7 Å². The van der Waals surface area contributed by atoms with E-state index in [9.17, 15) is 19.0 Å². The first-order chi connectivity index (χ1) is 18.8. The number of aryl methyl sites for hydroxylation is 1. The van der Waals surface area contributed by atoms with Crippen LogP contribution in [0.3, 0.4) is 0 Å². The maximum Gasteiger partial charge on any atom is 0.339 e. The van der Waals surface area contributed by atoms with Gasteiger partial charge < -0.3 is 9.84 Å². The first-order valence-electron chi connectivity index (χ1n) is 12.9. The van der Waals surface area contributed by atoms with Crippen LogP contribution in [0.4, 0.5) is 0 Å². The van der Waals surface area contributed by atoms with Gasteiger partial charge in [-0.15, -0.1) is 10.8 Å². The summed E-state index contributed by atoms with van der Waals surface area (Å²) in [5, 5.41) is 18.7. The maximum atomic E-state index is 12.1. The molecule has 4 aromatic rings. The standard InChI is InChI=1S/C28H31N5O5S/c1-3-21-17-32(39(36,37)26-10-5-4-9-25(26)38-21)15-18-7-6-8-20(11-18)33-27(24(14-30-33)28(34)35)23-12-22(23)19-13-29-31(2)16-19/h4-11,13-14,16,21-23,36-37H,3,12,15,17H2,1-2H3,(H,34,35). The molecule has 0 bridgehead atoms. The van der Waals surface area contributed by atoms with E-state index in [0.29, 0.717) is 29.3 Å². The van der Waals surface area contributed by atoms with Gasteiger partial charge in [-0.1, -0.05) is 31.2 Å². The van der Waals surface area contributed by atoms with Crippen LogP contribution in [0.2, 0.25) is 0 Å². The molecule has 2 aromatic carbocycles. The molecule has 1 aliphatic heterocycles. The molecule has 0 amide bonds. The second kappa shape index (κ2) is 9.83. The number of aromatic nitrogens is 4. The number of rotatable bonds is 7. The summed E-state index contributed by atoms with van der Waals surface area (Å²) in [7, 11) is -1.43. The van der Waals surface area contributed by atoms with Gasteiger partial charge in [0.25, 0.3) is 0 Å². The lowest BCUT2D eigenvalue weighted by molar-refractivity contribution is 0.0695. The Morgan fingerprint density at radius 3 is 2.67 bits per heavy atom. The number of aromatic carboxylic acids is 1. The van der Waals surface area contributed by atoms with Gasteiger partial charge in [-0.05, 0) is 54.2 Å². The van der Waals surface area contributed by atoms with Crippen LogP contribution < -0.4 is 4.74 Å². The Morgan fingerprint density at radius 2 is 1.92 bits per heavy atom. The van der Waals surface area contributed by atoms with Crippen molar-refractivity contribution in [3.05, 3.63) is 89.5 Å². The quantitative estimate of drug-likeness (QED) is 0.285. The third-order valence-electron chi connectivity index (χ3n) is 7.51. The summed E-state index contributed by atoms with van der Waals surface area (Å²) >= 11 is 0. The van der Waals surface area contributed by atoms with Crippen molar-refractivity contribution in [2.75, 3.05) is 6.54 Å². The highest BCUT2D eigenvalue weighted by Gasteiger charge is 2.45. The summed E-state index contributed by atoms with van der Waals surface area (Å²) in [6.45, 7) is 2.64. The topological polar surface area (TPSA) is 126 Å². The Kier molecular flexibility index (Phi) is 6.46. The molecule has 1 saturated carbocycles. The minimum absolute atomic E-state index is 0.0167. The fraction of sp³-hybridized carbons (Fsp3) is 0.321. The van der Waals surface area contributed by atoms with Crippen LogP contribution in [0.15, 0.2) is 72.0 Å². The summed E-state index contributed by atoms with van der Waals surface area (Å²) in [6, 6.07) is 14.7. The van der Waals surface area contributed by atoms with Crippen molar-refractivity contribution in [2.45, 2.75) is 49.1 Å². The summed E-state index contributed by atoms with van der Waals surface area (Å²) < 4.78 is 34.0. The second-order valence-electron chi connectivity index (χ2n) is 10.2. The van der Waals surface area contributed by atoms with E-state index < -0.39 is 16.7 Å². The molecule has 6 rings (SSSR count). The molecular formula is C28H31N5O5S. The van der Waals surface area contributed by atoms with Crippen LogP contribution >= 0.6 is 10.8 Å². The van der Waals surface area contributed by atoms with Crippen LogP contribution in [-0.2, 0) is 13.6 Å². The molecule has 3 unspecified atom stereocenters. The summed E-state index contributed by atoms with van der Waals surface area (Å²) in [4.78, 5) is 12.5. The largest absolute Gasteiger partial charge is 0.487 e. The van der Waals surface area contributed by atoms with Gasteiger partial charge >= 0.3 is 5.97 Å². The highest BCUT2D eigenvalue weighted by molar-refractivity contribution is 8.22. The molecule has 39 heavy (non-hydrogen) atoms. The van der Waals surface area contributed by atoms with Gasteiger partial charge in [-0.3, -0.25) is 13.8 Å². The van der Waals surface area contributed by atoms with Crippen LogP contribution in [0, 0.1) is 0 Å². The lowest BCUT2D eigenvalue weighted by atomic mass is 10.1. The van der Waals surface area contributed by atoms with E-state index in [0.717, 1.165) is 23.2 Å². The van der Waals surface area contributed by atoms with Crippen LogP contribution in [0.5, 0.6) is 5.75 Å². The lowest BCUT2D eigenvalue weighted by Crippen LogP contribution is -2.34. The summed E-state index contributed by atoms with van der Waals surface area (Å²) in [5.74, 6) is -0.308. The van der Waals surface area contributed by atoms with Crippen molar-refractivity contribution in [3.63, 3.8) is 0 Å². The molecule has 2 aromatic heterocycles. The van der Waals surface area contributed by atoms with Gasteiger partial charge in [0.15, 0.2) is 0 Å². The van der Waals surface area contributed by atoms with Crippen molar-refractivity contribution < 1.29 is 23.7 Å². The number of carboxylic acid groups (broad SMARTS) is 1. The van der Waals surface area contributed by atoms with E-state index in [1.807, 2.05) is 56.7 Å². The second-order valence-corrected chi connectivity index (χ2v) is 12.2. The number of ether oxygens (including phenoxy) is 1. The zero-order valence-corrected chi connectivity index (χ0v) is 22.5. The van der Waals surface area contributed by atoms with E-state index in [4.69, 9.17) is 4.74 Å². The zero-order chi connectivity index (χ0) is 27.3.